The monoisotopic (exact) mass is 263 g/mol. The smallest absolute Gasteiger partial charge is 0.321 e. The van der Waals surface area contributed by atoms with Crippen LogP contribution in [0.3, 0.4) is 0 Å². The van der Waals surface area contributed by atoms with Crippen molar-refractivity contribution in [1.29, 1.82) is 0 Å². The molecule has 0 aromatic carbocycles. The predicted octanol–water partition coefficient (Wildman–Crippen LogP) is 1.80. The van der Waals surface area contributed by atoms with Gasteiger partial charge in [0.25, 0.3) is 0 Å². The number of aromatic nitrogens is 1. The van der Waals surface area contributed by atoms with E-state index in [9.17, 15) is 9.59 Å². The lowest BCUT2D eigenvalue weighted by Crippen LogP contribution is -2.33. The van der Waals surface area contributed by atoms with Crippen LogP contribution in [0.4, 0.5) is 10.5 Å². The summed E-state index contributed by atoms with van der Waals surface area (Å²) in [5.74, 6) is -0.492. The molecule has 0 bridgehead atoms. The first-order valence-corrected chi connectivity index (χ1v) is 6.33. The van der Waals surface area contributed by atoms with Gasteiger partial charge < -0.3 is 15.3 Å². The molecule has 1 aliphatic heterocycles. The number of aliphatic carboxylic acids is 1. The normalized spacial score (nSPS) is 18.3. The summed E-state index contributed by atoms with van der Waals surface area (Å²) < 4.78 is 0. The molecule has 1 aromatic rings. The van der Waals surface area contributed by atoms with E-state index in [1.54, 1.807) is 29.4 Å². The van der Waals surface area contributed by atoms with Gasteiger partial charge in [-0.1, -0.05) is 0 Å². The minimum atomic E-state index is -0.779. The molecule has 0 radical (unpaired) electrons. The fourth-order valence-electron chi connectivity index (χ4n) is 2.22. The van der Waals surface area contributed by atoms with E-state index in [-0.39, 0.29) is 18.4 Å². The largest absolute Gasteiger partial charge is 0.481 e. The number of urea groups is 1. The molecular weight excluding hydrogens is 246 g/mol. The Morgan fingerprint density at radius 1 is 1.53 bits per heavy atom. The van der Waals surface area contributed by atoms with Crippen molar-refractivity contribution in [2.45, 2.75) is 19.3 Å². The summed E-state index contributed by atoms with van der Waals surface area (Å²) in [5, 5.41) is 11.4. The van der Waals surface area contributed by atoms with E-state index in [1.807, 2.05) is 0 Å². The van der Waals surface area contributed by atoms with Gasteiger partial charge in [0.15, 0.2) is 0 Å². The number of rotatable bonds is 4. The molecule has 1 atom stereocenters. The molecule has 0 spiro atoms. The number of nitrogens with zero attached hydrogens (tertiary/aromatic N) is 2. The van der Waals surface area contributed by atoms with Gasteiger partial charge in [-0.15, -0.1) is 0 Å². The van der Waals surface area contributed by atoms with Crippen LogP contribution in [0, 0.1) is 5.92 Å². The van der Waals surface area contributed by atoms with E-state index in [4.69, 9.17) is 5.11 Å². The van der Waals surface area contributed by atoms with Crippen molar-refractivity contribution >= 4 is 17.7 Å². The highest BCUT2D eigenvalue weighted by Gasteiger charge is 2.26. The van der Waals surface area contributed by atoms with Gasteiger partial charge in [0.2, 0.25) is 0 Å². The Bertz CT molecular complexity index is 450. The zero-order valence-electron chi connectivity index (χ0n) is 10.6. The first-order chi connectivity index (χ1) is 9.15. The van der Waals surface area contributed by atoms with Crippen molar-refractivity contribution < 1.29 is 14.7 Å². The Balaban J connectivity index is 1.80. The molecule has 1 unspecified atom stereocenters. The van der Waals surface area contributed by atoms with Gasteiger partial charge in [0.1, 0.15) is 0 Å². The molecule has 0 aliphatic carbocycles. The third-order valence-electron chi connectivity index (χ3n) is 3.25. The summed E-state index contributed by atoms with van der Waals surface area (Å²) >= 11 is 0. The molecule has 6 heteroatoms. The van der Waals surface area contributed by atoms with Crippen LogP contribution < -0.4 is 5.32 Å². The number of anilines is 1. The van der Waals surface area contributed by atoms with Crippen LogP contribution in [-0.2, 0) is 4.79 Å². The second-order valence-electron chi connectivity index (χ2n) is 4.70. The Morgan fingerprint density at radius 3 is 3.05 bits per heavy atom. The van der Waals surface area contributed by atoms with E-state index in [0.29, 0.717) is 25.2 Å². The molecule has 1 aromatic heterocycles. The number of carboxylic acid groups (broad SMARTS) is 1. The van der Waals surface area contributed by atoms with Crippen LogP contribution in [0.1, 0.15) is 19.3 Å². The maximum absolute atomic E-state index is 12.0. The lowest BCUT2D eigenvalue weighted by Gasteiger charge is -2.17. The van der Waals surface area contributed by atoms with Crippen LogP contribution in [0.2, 0.25) is 0 Å². The first-order valence-electron chi connectivity index (χ1n) is 6.33. The minimum Gasteiger partial charge on any atom is -0.481 e. The SMILES string of the molecule is O=C(O)CCC1CCN(C(=O)Nc2cccnc2)C1. The van der Waals surface area contributed by atoms with E-state index in [2.05, 4.69) is 10.3 Å². The van der Waals surface area contributed by atoms with E-state index >= 15 is 0 Å². The molecule has 2 N–H and O–H groups in total. The average molecular weight is 263 g/mol. The fraction of sp³-hybridized carbons (Fsp3) is 0.462. The van der Waals surface area contributed by atoms with Crippen molar-refractivity contribution in [2.24, 2.45) is 5.92 Å². The molecule has 6 nitrogen and oxygen atoms in total. The molecule has 0 saturated carbocycles. The number of hydrogen-bond donors (Lipinski definition) is 2. The lowest BCUT2D eigenvalue weighted by atomic mass is 10.0. The number of likely N-dealkylation sites (tertiary alicyclic amines) is 1. The average Bonchev–Trinajstić information content (AvgIpc) is 2.86. The second kappa shape index (κ2) is 6.17. The molecule has 19 heavy (non-hydrogen) atoms. The Labute approximate surface area is 111 Å². The van der Waals surface area contributed by atoms with Crippen molar-refractivity contribution in [2.75, 3.05) is 18.4 Å². The van der Waals surface area contributed by atoms with Crippen LogP contribution >= 0.6 is 0 Å². The van der Waals surface area contributed by atoms with Crippen molar-refractivity contribution in [3.8, 4) is 0 Å². The number of hydrogen-bond acceptors (Lipinski definition) is 3. The van der Waals surface area contributed by atoms with Crippen LogP contribution in [0.5, 0.6) is 0 Å². The zero-order valence-corrected chi connectivity index (χ0v) is 10.6. The Morgan fingerprint density at radius 2 is 2.37 bits per heavy atom. The van der Waals surface area contributed by atoms with E-state index in [0.717, 1.165) is 6.42 Å². The molecule has 102 valence electrons. The van der Waals surface area contributed by atoms with Crippen molar-refractivity contribution in [1.82, 2.24) is 9.88 Å². The Hall–Kier alpha value is -2.11. The lowest BCUT2D eigenvalue weighted by molar-refractivity contribution is -0.137. The molecule has 1 saturated heterocycles. The van der Waals surface area contributed by atoms with Gasteiger partial charge in [0, 0.05) is 25.7 Å². The van der Waals surface area contributed by atoms with Gasteiger partial charge in [-0.2, -0.15) is 0 Å². The second-order valence-corrected chi connectivity index (χ2v) is 4.70. The molecular formula is C13H17N3O3. The number of carbonyl (C=O) groups excluding carboxylic acids is 1. The number of carbonyl (C=O) groups is 2. The summed E-state index contributed by atoms with van der Waals surface area (Å²) in [4.78, 5) is 28.1. The van der Waals surface area contributed by atoms with Crippen LogP contribution in [0.25, 0.3) is 0 Å². The quantitative estimate of drug-likeness (QED) is 0.867. The fourth-order valence-corrected chi connectivity index (χ4v) is 2.22. The van der Waals surface area contributed by atoms with E-state index < -0.39 is 5.97 Å². The van der Waals surface area contributed by atoms with Crippen molar-refractivity contribution in [3.63, 3.8) is 0 Å². The highest BCUT2D eigenvalue weighted by molar-refractivity contribution is 5.89. The molecule has 1 fully saturated rings. The molecule has 1 aliphatic rings. The van der Waals surface area contributed by atoms with Gasteiger partial charge in [-0.25, -0.2) is 4.79 Å². The van der Waals surface area contributed by atoms with Gasteiger partial charge >= 0.3 is 12.0 Å². The van der Waals surface area contributed by atoms with Crippen LogP contribution in [0.15, 0.2) is 24.5 Å². The molecule has 2 amide bonds. The number of pyridine rings is 1. The summed E-state index contributed by atoms with van der Waals surface area (Å²) in [6.07, 6.45) is 4.91. The first kappa shape index (κ1) is 13.3. The predicted molar refractivity (Wildman–Crippen MR) is 69.8 cm³/mol. The standard InChI is InChI=1S/C13H17N3O3/c17-12(18)4-3-10-5-7-16(9-10)13(19)15-11-2-1-6-14-8-11/h1-2,6,8,10H,3-5,7,9H2,(H,15,19)(H,17,18). The maximum atomic E-state index is 12.0. The minimum absolute atomic E-state index is 0.147. The highest BCUT2D eigenvalue weighted by Crippen LogP contribution is 2.21. The van der Waals surface area contributed by atoms with Crippen molar-refractivity contribution in [3.05, 3.63) is 24.5 Å². The number of carboxylic acids is 1. The third kappa shape index (κ3) is 3.94. The Kier molecular flexibility index (Phi) is 4.33. The molecule has 2 heterocycles. The number of nitrogens with one attached hydrogen (secondary N) is 1. The summed E-state index contributed by atoms with van der Waals surface area (Å²) in [5.41, 5.74) is 0.668. The van der Waals surface area contributed by atoms with E-state index in [1.165, 1.54) is 0 Å². The summed E-state index contributed by atoms with van der Waals surface area (Å²) in [7, 11) is 0. The van der Waals surface area contributed by atoms with Gasteiger partial charge in [-0.05, 0) is 30.9 Å². The summed E-state index contributed by atoms with van der Waals surface area (Å²) in [6.45, 7) is 1.30. The maximum Gasteiger partial charge on any atom is 0.321 e. The summed E-state index contributed by atoms with van der Waals surface area (Å²) in [6, 6.07) is 3.39. The number of amides is 2. The highest BCUT2D eigenvalue weighted by atomic mass is 16.4. The molecule has 2 rings (SSSR count). The van der Waals surface area contributed by atoms with Gasteiger partial charge in [-0.3, -0.25) is 9.78 Å². The third-order valence-corrected chi connectivity index (χ3v) is 3.25. The zero-order chi connectivity index (χ0) is 13.7. The van der Waals surface area contributed by atoms with Crippen LogP contribution in [-0.4, -0.2) is 40.1 Å². The topological polar surface area (TPSA) is 82.5 Å². The van der Waals surface area contributed by atoms with Gasteiger partial charge in [0.05, 0.1) is 11.9 Å².